The predicted octanol–water partition coefficient (Wildman–Crippen LogP) is 4.00. The van der Waals surface area contributed by atoms with Crippen LogP contribution >= 0.6 is 11.6 Å². The topological polar surface area (TPSA) is 107 Å². The quantitative estimate of drug-likeness (QED) is 0.484. The zero-order chi connectivity index (χ0) is 20.7. The molecule has 0 aliphatic carbocycles. The molecule has 0 spiro atoms. The smallest absolute Gasteiger partial charge is 0.182 e. The number of carbonyl (C=O) groups excluding carboxylic acids is 1. The Hall–Kier alpha value is -3.38. The molecule has 1 heterocycles. The SMILES string of the molecule is O=C1Cc2c(O)cc(O)cc2OC1c1cc(O)c(O)c(Cc2ccccc2Cl)c1. The normalized spacial score (nSPS) is 15.6. The lowest BCUT2D eigenvalue weighted by Crippen LogP contribution is -2.26. The van der Waals surface area contributed by atoms with Crippen LogP contribution < -0.4 is 4.74 Å². The fourth-order valence-corrected chi connectivity index (χ4v) is 3.65. The average molecular weight is 413 g/mol. The van der Waals surface area contributed by atoms with Crippen molar-refractivity contribution in [1.29, 1.82) is 0 Å². The molecule has 0 aromatic heterocycles. The second-order valence-corrected chi connectivity index (χ2v) is 7.31. The van der Waals surface area contributed by atoms with E-state index in [2.05, 4.69) is 0 Å². The van der Waals surface area contributed by atoms with E-state index in [0.29, 0.717) is 21.7 Å². The van der Waals surface area contributed by atoms with Gasteiger partial charge in [-0.25, -0.2) is 0 Å². The van der Waals surface area contributed by atoms with Crippen molar-refractivity contribution < 1.29 is 30.0 Å². The van der Waals surface area contributed by atoms with E-state index in [9.17, 15) is 25.2 Å². The molecule has 0 fully saturated rings. The minimum atomic E-state index is -1.06. The lowest BCUT2D eigenvalue weighted by atomic mass is 9.93. The predicted molar refractivity (Wildman–Crippen MR) is 106 cm³/mol. The molecule has 3 aromatic rings. The third kappa shape index (κ3) is 3.54. The van der Waals surface area contributed by atoms with Gasteiger partial charge in [-0.2, -0.15) is 0 Å². The molecule has 0 saturated heterocycles. The highest BCUT2D eigenvalue weighted by Crippen LogP contribution is 2.42. The Morgan fingerprint density at radius 2 is 1.72 bits per heavy atom. The van der Waals surface area contributed by atoms with Gasteiger partial charge in [0.2, 0.25) is 0 Å². The molecule has 1 atom stereocenters. The maximum Gasteiger partial charge on any atom is 0.182 e. The number of hydrogen-bond donors (Lipinski definition) is 4. The number of fused-ring (bicyclic) bond motifs is 1. The minimum Gasteiger partial charge on any atom is -0.508 e. The van der Waals surface area contributed by atoms with Crippen molar-refractivity contribution in [2.45, 2.75) is 18.9 Å². The first-order valence-electron chi connectivity index (χ1n) is 8.86. The van der Waals surface area contributed by atoms with E-state index >= 15 is 0 Å². The molecule has 7 heteroatoms. The van der Waals surface area contributed by atoms with Crippen LogP contribution in [0, 0.1) is 0 Å². The van der Waals surface area contributed by atoms with Crippen LogP contribution in [-0.4, -0.2) is 26.2 Å². The van der Waals surface area contributed by atoms with Gasteiger partial charge in [-0.1, -0.05) is 29.8 Å². The number of phenolic OH excluding ortho intramolecular Hbond substituents is 4. The standard InChI is InChI=1S/C22H17ClO6/c23-16-4-2-1-3-11(16)5-12-6-13(7-18(26)21(12)28)22-19(27)10-15-17(25)8-14(24)9-20(15)29-22/h1-4,6-9,22,24-26,28H,5,10H2. The molecule has 0 saturated carbocycles. The van der Waals surface area contributed by atoms with Crippen molar-refractivity contribution in [3.05, 3.63) is 75.8 Å². The van der Waals surface area contributed by atoms with E-state index in [0.717, 1.165) is 11.6 Å². The summed E-state index contributed by atoms with van der Waals surface area (Å²) in [6.45, 7) is 0. The summed E-state index contributed by atoms with van der Waals surface area (Å²) in [5.41, 5.74) is 1.77. The van der Waals surface area contributed by atoms with Crippen LogP contribution in [0.25, 0.3) is 0 Å². The highest BCUT2D eigenvalue weighted by atomic mass is 35.5. The number of hydrogen-bond acceptors (Lipinski definition) is 6. The molecular formula is C22H17ClO6. The van der Waals surface area contributed by atoms with Crippen LogP contribution in [0.2, 0.25) is 5.02 Å². The average Bonchev–Trinajstić information content (AvgIpc) is 2.67. The van der Waals surface area contributed by atoms with Gasteiger partial charge < -0.3 is 25.2 Å². The first-order valence-corrected chi connectivity index (χ1v) is 9.23. The molecule has 1 aliphatic heterocycles. The second kappa shape index (κ2) is 7.22. The van der Waals surface area contributed by atoms with Crippen molar-refractivity contribution in [1.82, 2.24) is 0 Å². The van der Waals surface area contributed by atoms with Crippen LogP contribution in [0.15, 0.2) is 48.5 Å². The summed E-state index contributed by atoms with van der Waals surface area (Å²) in [6.07, 6.45) is -0.903. The van der Waals surface area contributed by atoms with Gasteiger partial charge in [-0.15, -0.1) is 0 Å². The molecule has 0 bridgehead atoms. The van der Waals surface area contributed by atoms with Gasteiger partial charge >= 0.3 is 0 Å². The van der Waals surface area contributed by atoms with E-state index in [4.69, 9.17) is 16.3 Å². The summed E-state index contributed by atoms with van der Waals surface area (Å²) in [6, 6.07) is 12.4. The number of halogens is 1. The first-order chi connectivity index (χ1) is 13.8. The monoisotopic (exact) mass is 412 g/mol. The van der Waals surface area contributed by atoms with Crippen LogP contribution in [0.4, 0.5) is 0 Å². The van der Waals surface area contributed by atoms with Gasteiger partial charge in [0, 0.05) is 46.7 Å². The Balaban J connectivity index is 1.73. The Morgan fingerprint density at radius 1 is 0.966 bits per heavy atom. The number of carbonyl (C=O) groups is 1. The number of ketones is 1. The summed E-state index contributed by atoms with van der Waals surface area (Å²) < 4.78 is 5.73. The van der Waals surface area contributed by atoms with Gasteiger partial charge in [0.05, 0.1) is 0 Å². The number of Topliss-reactive ketones (excluding diaryl/α,β-unsaturated/α-hetero) is 1. The molecule has 1 unspecified atom stereocenters. The highest BCUT2D eigenvalue weighted by Gasteiger charge is 2.32. The maximum atomic E-state index is 12.7. The molecule has 6 nitrogen and oxygen atoms in total. The largest absolute Gasteiger partial charge is 0.508 e. The van der Waals surface area contributed by atoms with Gasteiger partial charge in [0.1, 0.15) is 17.2 Å². The summed E-state index contributed by atoms with van der Waals surface area (Å²) in [5, 5.41) is 40.6. The third-order valence-corrected chi connectivity index (χ3v) is 5.26. The van der Waals surface area contributed by atoms with E-state index < -0.39 is 6.10 Å². The molecular weight excluding hydrogens is 396 g/mol. The third-order valence-electron chi connectivity index (χ3n) is 4.89. The van der Waals surface area contributed by atoms with E-state index in [-0.39, 0.29) is 47.4 Å². The molecule has 0 radical (unpaired) electrons. The summed E-state index contributed by atoms with van der Waals surface area (Å²) in [7, 11) is 0. The van der Waals surface area contributed by atoms with E-state index in [1.54, 1.807) is 24.3 Å². The molecule has 0 amide bonds. The zero-order valence-electron chi connectivity index (χ0n) is 15.1. The van der Waals surface area contributed by atoms with Gasteiger partial charge in [0.25, 0.3) is 0 Å². The zero-order valence-corrected chi connectivity index (χ0v) is 15.8. The van der Waals surface area contributed by atoms with Crippen molar-refractivity contribution >= 4 is 17.4 Å². The van der Waals surface area contributed by atoms with Crippen molar-refractivity contribution in [3.8, 4) is 28.7 Å². The Morgan fingerprint density at radius 3 is 2.48 bits per heavy atom. The Bertz CT molecular complexity index is 1120. The van der Waals surface area contributed by atoms with Crippen LogP contribution in [-0.2, 0) is 17.6 Å². The summed E-state index contributed by atoms with van der Waals surface area (Å²) in [4.78, 5) is 12.7. The van der Waals surface area contributed by atoms with Gasteiger partial charge in [-0.05, 0) is 23.8 Å². The van der Waals surface area contributed by atoms with E-state index in [1.165, 1.54) is 12.1 Å². The maximum absolute atomic E-state index is 12.7. The van der Waals surface area contributed by atoms with Crippen LogP contribution in [0.3, 0.4) is 0 Å². The Labute approximate surface area is 171 Å². The molecule has 29 heavy (non-hydrogen) atoms. The van der Waals surface area contributed by atoms with Gasteiger partial charge in [0.15, 0.2) is 23.4 Å². The minimum absolute atomic E-state index is 0.0897. The highest BCUT2D eigenvalue weighted by molar-refractivity contribution is 6.31. The first kappa shape index (κ1) is 19.0. The molecule has 1 aliphatic rings. The van der Waals surface area contributed by atoms with Gasteiger partial charge in [-0.3, -0.25) is 4.79 Å². The molecule has 3 aromatic carbocycles. The number of aromatic hydroxyl groups is 4. The summed E-state index contributed by atoms with van der Waals surface area (Å²) >= 11 is 6.19. The van der Waals surface area contributed by atoms with Crippen molar-refractivity contribution in [2.24, 2.45) is 0 Å². The fraction of sp³-hybridized carbons (Fsp3) is 0.136. The van der Waals surface area contributed by atoms with E-state index in [1.807, 2.05) is 6.07 Å². The lowest BCUT2D eigenvalue weighted by Gasteiger charge is -2.26. The van der Waals surface area contributed by atoms with Crippen molar-refractivity contribution in [3.63, 3.8) is 0 Å². The Kier molecular flexibility index (Phi) is 4.72. The number of benzene rings is 3. The number of rotatable bonds is 3. The molecule has 148 valence electrons. The fourth-order valence-electron chi connectivity index (χ4n) is 3.45. The number of phenols is 4. The number of ether oxygens (including phenoxy) is 1. The van der Waals surface area contributed by atoms with Crippen LogP contribution in [0.1, 0.15) is 28.4 Å². The molecule has 4 N–H and O–H groups in total. The summed E-state index contributed by atoms with van der Waals surface area (Å²) in [5.74, 6) is -1.24. The van der Waals surface area contributed by atoms with Crippen LogP contribution in [0.5, 0.6) is 28.7 Å². The van der Waals surface area contributed by atoms with Crippen molar-refractivity contribution in [2.75, 3.05) is 0 Å². The lowest BCUT2D eigenvalue weighted by molar-refractivity contribution is -0.126. The molecule has 4 rings (SSSR count). The second-order valence-electron chi connectivity index (χ2n) is 6.90.